The Hall–Kier alpha value is -2.76. The van der Waals surface area contributed by atoms with Gasteiger partial charge in [0.25, 0.3) is 0 Å². The maximum Gasteiger partial charge on any atom is 0.183 e. The first kappa shape index (κ1) is 9.29. The molecule has 0 atom stereocenters. The number of hydrogen-bond acceptors (Lipinski definition) is 4. The van der Waals surface area contributed by atoms with Gasteiger partial charge in [-0.2, -0.15) is 10.2 Å². The summed E-state index contributed by atoms with van der Waals surface area (Å²) in [6, 6.07) is 5.77. The lowest BCUT2D eigenvalue weighted by Crippen LogP contribution is -2.12. The van der Waals surface area contributed by atoms with Gasteiger partial charge < -0.3 is 0 Å². The fraction of sp³-hybridized carbons (Fsp3) is 0. The Balaban J connectivity index is 2.08. The summed E-state index contributed by atoms with van der Waals surface area (Å²) >= 11 is 0. The van der Waals surface area contributed by atoms with Crippen molar-refractivity contribution >= 4 is 21.9 Å². The maximum atomic E-state index is 4.33. The second-order valence-electron chi connectivity index (χ2n) is 3.92. The molecule has 4 heterocycles. The van der Waals surface area contributed by atoms with Gasteiger partial charge in [-0.15, -0.1) is 9.58 Å². The smallest absolute Gasteiger partial charge is 0.183 e. The lowest BCUT2D eigenvalue weighted by atomic mass is 10.3. The van der Waals surface area contributed by atoms with E-state index in [1.165, 1.54) is 0 Å². The van der Waals surface area contributed by atoms with Crippen molar-refractivity contribution in [3.05, 3.63) is 49.2 Å². The molecule has 0 spiro atoms. The second-order valence-corrected chi connectivity index (χ2v) is 3.92. The van der Waals surface area contributed by atoms with Crippen molar-refractivity contribution in [2.45, 2.75) is 0 Å². The van der Waals surface area contributed by atoms with E-state index in [1.54, 1.807) is 40.6 Å². The Morgan fingerprint density at radius 2 is 1.72 bits per heavy atom. The van der Waals surface area contributed by atoms with Crippen molar-refractivity contribution in [2.75, 3.05) is 0 Å². The lowest BCUT2D eigenvalue weighted by molar-refractivity contribution is 0.540. The summed E-state index contributed by atoms with van der Waals surface area (Å²) in [5.74, 6) is 0. The first-order valence-corrected chi connectivity index (χ1v) is 5.51. The molecule has 0 bridgehead atoms. The highest BCUT2D eigenvalue weighted by atomic mass is 15.7. The molecule has 0 aliphatic heterocycles. The molecule has 4 aromatic rings. The predicted octanol–water partition coefficient (Wildman–Crippen LogP) is 1.49. The van der Waals surface area contributed by atoms with Crippen LogP contribution in [0.15, 0.2) is 49.2 Å². The van der Waals surface area contributed by atoms with Crippen LogP contribution < -0.4 is 0 Å². The fourth-order valence-electron chi connectivity index (χ4n) is 1.99. The van der Waals surface area contributed by atoms with Crippen molar-refractivity contribution in [1.82, 2.24) is 29.7 Å². The van der Waals surface area contributed by atoms with E-state index in [-0.39, 0.29) is 0 Å². The van der Waals surface area contributed by atoms with Gasteiger partial charge in [-0.1, -0.05) is 0 Å². The zero-order valence-corrected chi connectivity index (χ0v) is 9.30. The normalized spacial score (nSPS) is 11.3. The zero-order chi connectivity index (χ0) is 11.9. The summed E-state index contributed by atoms with van der Waals surface area (Å²) in [5.41, 5.74) is 1.67. The van der Waals surface area contributed by atoms with Crippen molar-refractivity contribution < 1.29 is 0 Å². The van der Waals surface area contributed by atoms with E-state index in [0.29, 0.717) is 0 Å². The quantitative estimate of drug-likeness (QED) is 0.502. The van der Waals surface area contributed by atoms with Gasteiger partial charge in [0.1, 0.15) is 5.52 Å². The van der Waals surface area contributed by atoms with Crippen molar-refractivity contribution in [2.24, 2.45) is 0 Å². The highest BCUT2D eigenvalue weighted by Gasteiger charge is 2.08. The van der Waals surface area contributed by atoms with Crippen LogP contribution in [0, 0.1) is 0 Å². The van der Waals surface area contributed by atoms with Crippen LogP contribution in [0.1, 0.15) is 0 Å². The number of rotatable bonds is 1. The average molecular weight is 236 g/mol. The van der Waals surface area contributed by atoms with Crippen LogP contribution in [-0.4, -0.2) is 29.7 Å². The molecule has 0 saturated carbocycles. The largest absolute Gasteiger partial charge is 0.262 e. The van der Waals surface area contributed by atoms with Crippen LogP contribution in [0.4, 0.5) is 0 Å². The minimum Gasteiger partial charge on any atom is -0.262 e. The van der Waals surface area contributed by atoms with E-state index in [9.17, 15) is 0 Å². The van der Waals surface area contributed by atoms with Gasteiger partial charge in [0, 0.05) is 23.2 Å². The summed E-state index contributed by atoms with van der Waals surface area (Å²) in [6.45, 7) is 0. The molecule has 0 aliphatic rings. The molecule has 6 nitrogen and oxygen atoms in total. The van der Waals surface area contributed by atoms with Crippen molar-refractivity contribution in [1.29, 1.82) is 0 Å². The minimum absolute atomic E-state index is 0.770. The zero-order valence-electron chi connectivity index (χ0n) is 9.30. The summed E-state index contributed by atoms with van der Waals surface area (Å²) in [7, 11) is 0. The molecular weight excluding hydrogens is 228 g/mol. The number of fused-ring (bicyclic) bond motifs is 2. The molecule has 0 amide bonds. The molecule has 0 aromatic carbocycles. The molecule has 0 saturated heterocycles. The number of aromatic nitrogens is 6. The van der Waals surface area contributed by atoms with Crippen LogP contribution in [0.2, 0.25) is 0 Å². The second kappa shape index (κ2) is 3.36. The van der Waals surface area contributed by atoms with Crippen LogP contribution in [0.3, 0.4) is 0 Å². The Bertz CT molecular complexity index is 772. The average Bonchev–Trinajstić information content (AvgIpc) is 3.01. The van der Waals surface area contributed by atoms with Crippen LogP contribution >= 0.6 is 0 Å². The van der Waals surface area contributed by atoms with Crippen LogP contribution in [0.25, 0.3) is 21.9 Å². The summed E-state index contributed by atoms with van der Waals surface area (Å²) < 4.78 is 0. The predicted molar refractivity (Wildman–Crippen MR) is 65.9 cm³/mol. The molecule has 86 valence electrons. The van der Waals surface area contributed by atoms with Gasteiger partial charge in [0.15, 0.2) is 5.65 Å². The first-order valence-electron chi connectivity index (χ1n) is 5.51. The minimum atomic E-state index is 0.770. The number of hydrogen-bond donors (Lipinski definition) is 0. The van der Waals surface area contributed by atoms with E-state index in [1.807, 2.05) is 18.2 Å². The Kier molecular flexibility index (Phi) is 1.74. The van der Waals surface area contributed by atoms with Gasteiger partial charge in [0.05, 0.1) is 18.6 Å². The molecule has 0 unspecified atom stereocenters. The van der Waals surface area contributed by atoms with Gasteiger partial charge in [-0.25, -0.2) is 4.98 Å². The number of pyridine rings is 2. The third-order valence-corrected chi connectivity index (χ3v) is 2.85. The Labute approximate surface area is 101 Å². The molecule has 0 fully saturated rings. The van der Waals surface area contributed by atoms with Crippen LogP contribution in [-0.2, 0) is 0 Å². The van der Waals surface area contributed by atoms with Crippen molar-refractivity contribution in [3.8, 4) is 0 Å². The summed E-state index contributed by atoms with van der Waals surface area (Å²) in [4.78, 5) is 11.8. The monoisotopic (exact) mass is 236 g/mol. The van der Waals surface area contributed by atoms with Gasteiger partial charge in [0.2, 0.25) is 0 Å². The third kappa shape index (κ3) is 1.17. The molecular formula is C12H8N6. The number of nitrogens with zero attached hydrogens (tertiary/aromatic N) is 6. The summed E-state index contributed by atoms with van der Waals surface area (Å²) in [5, 5.41) is 10.6. The standard InChI is InChI=1S/C12H8N6/c1-2-10-7-16-18(12(10)14-4-1)17-11-8-13-5-3-9(11)6-15-17/h1-8H. The highest BCUT2D eigenvalue weighted by molar-refractivity contribution is 5.78. The van der Waals surface area contributed by atoms with E-state index in [2.05, 4.69) is 20.2 Å². The molecule has 4 aromatic heterocycles. The Morgan fingerprint density at radius 1 is 0.833 bits per heavy atom. The van der Waals surface area contributed by atoms with Gasteiger partial charge in [-0.05, 0) is 18.2 Å². The van der Waals surface area contributed by atoms with Gasteiger partial charge >= 0.3 is 0 Å². The molecule has 0 radical (unpaired) electrons. The first-order chi connectivity index (χ1) is 8.93. The molecule has 0 aliphatic carbocycles. The topological polar surface area (TPSA) is 61.4 Å². The van der Waals surface area contributed by atoms with E-state index in [4.69, 9.17) is 0 Å². The third-order valence-electron chi connectivity index (χ3n) is 2.85. The highest BCUT2D eigenvalue weighted by Crippen LogP contribution is 2.15. The fourth-order valence-corrected chi connectivity index (χ4v) is 1.99. The molecule has 4 rings (SSSR count). The van der Waals surface area contributed by atoms with Crippen molar-refractivity contribution in [3.63, 3.8) is 0 Å². The van der Waals surface area contributed by atoms with Gasteiger partial charge in [-0.3, -0.25) is 4.98 Å². The van der Waals surface area contributed by atoms with E-state index in [0.717, 1.165) is 21.9 Å². The summed E-state index contributed by atoms with van der Waals surface area (Å²) in [6.07, 6.45) is 8.80. The maximum absolute atomic E-state index is 4.33. The molecule has 18 heavy (non-hydrogen) atoms. The van der Waals surface area contributed by atoms with E-state index >= 15 is 0 Å². The molecule has 6 heteroatoms. The SMILES string of the molecule is c1cnc2c(c1)cnn2-n1ncc2ccncc21. The molecule has 0 N–H and O–H groups in total. The Morgan fingerprint density at radius 3 is 2.72 bits per heavy atom. The lowest BCUT2D eigenvalue weighted by Gasteiger charge is -2.03. The van der Waals surface area contributed by atoms with E-state index < -0.39 is 0 Å². The van der Waals surface area contributed by atoms with Crippen LogP contribution in [0.5, 0.6) is 0 Å².